The van der Waals surface area contributed by atoms with Crippen LogP contribution < -0.4 is 10.1 Å². The second-order valence-corrected chi connectivity index (χ2v) is 6.24. The van der Waals surface area contributed by atoms with Crippen molar-refractivity contribution in [3.63, 3.8) is 0 Å². The molecule has 0 aromatic heterocycles. The van der Waals surface area contributed by atoms with Gasteiger partial charge in [0.2, 0.25) is 0 Å². The van der Waals surface area contributed by atoms with Gasteiger partial charge in [0.1, 0.15) is 11.6 Å². The number of halogens is 2. The summed E-state index contributed by atoms with van der Waals surface area (Å²) < 4.78 is 24.0. The molecule has 1 amide bonds. The number of ether oxygens (including phenoxy) is 2. The molecule has 0 aliphatic carbocycles. The summed E-state index contributed by atoms with van der Waals surface area (Å²) in [6, 6.07) is 10.7. The average molecular weight is 410 g/mol. The molecule has 2 aromatic carbocycles. The number of carbonyl (C=O) groups is 2. The van der Waals surface area contributed by atoms with E-state index in [1.807, 2.05) is 13.0 Å². The van der Waals surface area contributed by atoms with Gasteiger partial charge in [-0.25, -0.2) is 9.18 Å². The number of amides is 1. The Morgan fingerprint density at radius 2 is 1.88 bits per heavy atom. The molecule has 1 N–H and O–H groups in total. The minimum absolute atomic E-state index is 0.334. The third-order valence-electron chi connectivity index (χ3n) is 3.27. The van der Waals surface area contributed by atoms with Gasteiger partial charge in [-0.05, 0) is 61.9 Å². The first-order valence-electron chi connectivity index (χ1n) is 7.50. The van der Waals surface area contributed by atoms with E-state index in [1.165, 1.54) is 31.2 Å². The van der Waals surface area contributed by atoms with Crippen molar-refractivity contribution in [3.05, 3.63) is 58.3 Å². The van der Waals surface area contributed by atoms with Crippen LogP contribution in [0.15, 0.2) is 46.9 Å². The van der Waals surface area contributed by atoms with Gasteiger partial charge >= 0.3 is 5.97 Å². The summed E-state index contributed by atoms with van der Waals surface area (Å²) in [5, 5.41) is 2.67. The maximum absolute atomic E-state index is 12.8. The number of esters is 1. The second kappa shape index (κ2) is 8.62. The van der Waals surface area contributed by atoms with Crippen LogP contribution in [0.5, 0.6) is 5.75 Å². The highest BCUT2D eigenvalue weighted by Gasteiger charge is 2.18. The summed E-state index contributed by atoms with van der Waals surface area (Å²) in [6.45, 7) is 2.92. The minimum Gasteiger partial charge on any atom is -0.479 e. The molecule has 0 fully saturated rings. The van der Waals surface area contributed by atoms with E-state index in [-0.39, 0.29) is 0 Å². The maximum Gasteiger partial charge on any atom is 0.347 e. The molecular formula is C18H17BrFNO4. The van der Waals surface area contributed by atoms with E-state index in [2.05, 4.69) is 21.2 Å². The van der Waals surface area contributed by atoms with Crippen molar-refractivity contribution in [3.8, 4) is 5.75 Å². The van der Waals surface area contributed by atoms with Crippen LogP contribution in [0.4, 0.5) is 10.1 Å². The molecule has 0 radical (unpaired) electrons. The summed E-state index contributed by atoms with van der Waals surface area (Å²) in [7, 11) is 0. The fraction of sp³-hybridized carbons (Fsp3) is 0.222. The first kappa shape index (κ1) is 18.9. The highest BCUT2D eigenvalue weighted by atomic mass is 79.9. The van der Waals surface area contributed by atoms with Crippen LogP contribution >= 0.6 is 15.9 Å². The fourth-order valence-electron chi connectivity index (χ4n) is 1.97. The summed E-state index contributed by atoms with van der Waals surface area (Å²) in [5.41, 5.74) is 1.52. The van der Waals surface area contributed by atoms with Gasteiger partial charge in [-0.3, -0.25) is 4.79 Å². The van der Waals surface area contributed by atoms with Crippen LogP contribution in [-0.4, -0.2) is 24.6 Å². The lowest BCUT2D eigenvalue weighted by Gasteiger charge is -2.14. The predicted molar refractivity (Wildman–Crippen MR) is 95.0 cm³/mol. The average Bonchev–Trinajstić information content (AvgIpc) is 2.57. The number of rotatable bonds is 6. The third-order valence-corrected chi connectivity index (χ3v) is 3.76. The topological polar surface area (TPSA) is 64.6 Å². The highest BCUT2D eigenvalue weighted by molar-refractivity contribution is 9.10. The SMILES string of the molecule is Cc1cc(Br)ccc1NC(=O)COC(=O)[C@@H](C)Oc1ccc(F)cc1. The number of hydrogen-bond acceptors (Lipinski definition) is 4. The lowest BCUT2D eigenvalue weighted by atomic mass is 10.2. The van der Waals surface area contributed by atoms with Crippen LogP contribution in [0.25, 0.3) is 0 Å². The lowest BCUT2D eigenvalue weighted by Crippen LogP contribution is -2.29. The van der Waals surface area contributed by atoms with Gasteiger partial charge in [0.25, 0.3) is 5.91 Å². The van der Waals surface area contributed by atoms with Gasteiger partial charge in [-0.2, -0.15) is 0 Å². The fourth-order valence-corrected chi connectivity index (χ4v) is 2.45. The number of aryl methyl sites for hydroxylation is 1. The van der Waals surface area contributed by atoms with E-state index in [0.717, 1.165) is 10.0 Å². The summed E-state index contributed by atoms with van der Waals surface area (Å²) in [6.07, 6.45) is -0.923. The molecule has 1 atom stereocenters. The van der Waals surface area contributed by atoms with Gasteiger partial charge in [-0.1, -0.05) is 15.9 Å². The largest absolute Gasteiger partial charge is 0.479 e. The normalized spacial score (nSPS) is 11.5. The van der Waals surface area contributed by atoms with E-state index in [0.29, 0.717) is 11.4 Å². The molecule has 0 bridgehead atoms. The predicted octanol–water partition coefficient (Wildman–Crippen LogP) is 3.85. The van der Waals surface area contributed by atoms with Crippen molar-refractivity contribution in [2.75, 3.05) is 11.9 Å². The molecule has 25 heavy (non-hydrogen) atoms. The van der Waals surface area contributed by atoms with Crippen LogP contribution in [0.1, 0.15) is 12.5 Å². The van der Waals surface area contributed by atoms with E-state index < -0.39 is 30.4 Å². The van der Waals surface area contributed by atoms with E-state index in [1.54, 1.807) is 12.1 Å². The highest BCUT2D eigenvalue weighted by Crippen LogP contribution is 2.20. The van der Waals surface area contributed by atoms with E-state index >= 15 is 0 Å². The summed E-state index contributed by atoms with van der Waals surface area (Å²) in [4.78, 5) is 23.8. The van der Waals surface area contributed by atoms with Crippen molar-refractivity contribution in [2.24, 2.45) is 0 Å². The molecule has 0 aliphatic heterocycles. The smallest absolute Gasteiger partial charge is 0.347 e. The van der Waals surface area contributed by atoms with Gasteiger partial charge < -0.3 is 14.8 Å². The zero-order valence-corrected chi connectivity index (χ0v) is 15.3. The Hall–Kier alpha value is -2.41. The Morgan fingerprint density at radius 3 is 2.52 bits per heavy atom. The van der Waals surface area contributed by atoms with Crippen molar-refractivity contribution in [2.45, 2.75) is 20.0 Å². The quantitative estimate of drug-likeness (QED) is 0.735. The van der Waals surface area contributed by atoms with Crippen molar-refractivity contribution >= 4 is 33.5 Å². The molecule has 132 valence electrons. The molecule has 0 saturated carbocycles. The number of benzene rings is 2. The van der Waals surface area contributed by atoms with Crippen molar-refractivity contribution < 1.29 is 23.5 Å². The Balaban J connectivity index is 1.82. The zero-order valence-electron chi connectivity index (χ0n) is 13.7. The van der Waals surface area contributed by atoms with Crippen LogP contribution in [-0.2, 0) is 14.3 Å². The Bertz CT molecular complexity index is 764. The number of carbonyl (C=O) groups excluding carboxylic acids is 2. The summed E-state index contributed by atoms with van der Waals surface area (Å²) in [5.74, 6) is -1.21. The van der Waals surface area contributed by atoms with Gasteiger partial charge in [-0.15, -0.1) is 0 Å². The van der Waals surface area contributed by atoms with Crippen LogP contribution in [0, 0.1) is 12.7 Å². The van der Waals surface area contributed by atoms with Crippen LogP contribution in [0.3, 0.4) is 0 Å². The number of hydrogen-bond donors (Lipinski definition) is 1. The minimum atomic E-state index is -0.923. The molecule has 0 spiro atoms. The maximum atomic E-state index is 12.8. The molecule has 2 aromatic rings. The molecular weight excluding hydrogens is 393 g/mol. The second-order valence-electron chi connectivity index (χ2n) is 5.33. The number of nitrogens with one attached hydrogen (secondary N) is 1. The first-order valence-corrected chi connectivity index (χ1v) is 8.29. The molecule has 0 saturated heterocycles. The van der Waals surface area contributed by atoms with Gasteiger partial charge in [0, 0.05) is 10.2 Å². The molecule has 0 unspecified atom stereocenters. The zero-order chi connectivity index (χ0) is 18.4. The standard InChI is InChI=1S/C18H17BrFNO4/c1-11-9-13(19)3-8-16(11)21-17(22)10-24-18(23)12(2)25-15-6-4-14(20)5-7-15/h3-9,12H,10H2,1-2H3,(H,21,22)/t12-/m1/s1. The molecule has 0 heterocycles. The lowest BCUT2D eigenvalue weighted by molar-refractivity contribution is -0.153. The van der Waals surface area contributed by atoms with Crippen molar-refractivity contribution in [1.82, 2.24) is 0 Å². The molecule has 2 rings (SSSR count). The third kappa shape index (κ3) is 5.86. The summed E-state index contributed by atoms with van der Waals surface area (Å²) >= 11 is 3.34. The number of anilines is 1. The van der Waals surface area contributed by atoms with E-state index in [9.17, 15) is 14.0 Å². The Kier molecular flexibility index (Phi) is 6.52. The monoisotopic (exact) mass is 409 g/mol. The molecule has 5 nitrogen and oxygen atoms in total. The van der Waals surface area contributed by atoms with Gasteiger partial charge in [0.15, 0.2) is 12.7 Å². The first-order chi connectivity index (χ1) is 11.8. The van der Waals surface area contributed by atoms with Crippen LogP contribution in [0.2, 0.25) is 0 Å². The van der Waals surface area contributed by atoms with E-state index in [4.69, 9.17) is 9.47 Å². The Morgan fingerprint density at radius 1 is 1.20 bits per heavy atom. The van der Waals surface area contributed by atoms with Gasteiger partial charge in [0.05, 0.1) is 0 Å². The van der Waals surface area contributed by atoms with Crippen molar-refractivity contribution in [1.29, 1.82) is 0 Å². The molecule has 0 aliphatic rings. The Labute approximate surface area is 153 Å². The molecule has 7 heteroatoms.